The molecule has 4 heteroatoms. The summed E-state index contributed by atoms with van der Waals surface area (Å²) in [6.07, 6.45) is 5.36. The second-order valence-electron chi connectivity index (χ2n) is 4.58. The summed E-state index contributed by atoms with van der Waals surface area (Å²) < 4.78 is 0. The molecule has 0 radical (unpaired) electrons. The summed E-state index contributed by atoms with van der Waals surface area (Å²) in [6, 6.07) is 0. The summed E-state index contributed by atoms with van der Waals surface area (Å²) >= 11 is 0. The van der Waals surface area contributed by atoms with Crippen molar-refractivity contribution in [1.82, 2.24) is 4.90 Å². The van der Waals surface area contributed by atoms with Gasteiger partial charge in [0.1, 0.15) is 0 Å². The molecule has 1 aliphatic heterocycles. The lowest BCUT2D eigenvalue weighted by Crippen LogP contribution is -2.33. The predicted molar refractivity (Wildman–Crippen MR) is 62.6 cm³/mol. The second kappa shape index (κ2) is 6.51. The van der Waals surface area contributed by atoms with Crippen molar-refractivity contribution in [3.63, 3.8) is 0 Å². The first-order valence-corrected chi connectivity index (χ1v) is 6.19. The minimum Gasteiger partial charge on any atom is -0.370 e. The highest BCUT2D eigenvalue weighted by molar-refractivity contribution is 5.78. The monoisotopic (exact) mass is 226 g/mol. The third kappa shape index (κ3) is 4.21. The first-order chi connectivity index (χ1) is 7.63. The van der Waals surface area contributed by atoms with Gasteiger partial charge in [-0.3, -0.25) is 9.59 Å². The van der Waals surface area contributed by atoms with Crippen LogP contribution in [0.1, 0.15) is 45.4 Å². The molecule has 1 unspecified atom stereocenters. The minimum absolute atomic E-state index is 0.180. The van der Waals surface area contributed by atoms with E-state index in [1.165, 1.54) is 12.8 Å². The number of likely N-dealkylation sites (tertiary alicyclic amines) is 1. The molecule has 2 N–H and O–H groups in total. The molecule has 1 atom stereocenters. The van der Waals surface area contributed by atoms with Gasteiger partial charge >= 0.3 is 0 Å². The Kier molecular flexibility index (Phi) is 5.29. The number of hydrogen-bond donors (Lipinski definition) is 1. The molecule has 0 saturated carbocycles. The maximum atomic E-state index is 11.8. The molecule has 92 valence electrons. The molecule has 1 saturated heterocycles. The number of nitrogens with zero attached hydrogens (tertiary/aromatic N) is 1. The van der Waals surface area contributed by atoms with Crippen molar-refractivity contribution in [3.8, 4) is 0 Å². The normalized spacial score (nSPS) is 21.9. The van der Waals surface area contributed by atoms with E-state index in [4.69, 9.17) is 5.73 Å². The SMILES string of the molecule is CCCC1CCC(=O)N(CCC(N)=O)CC1. The molecular weight excluding hydrogens is 204 g/mol. The Labute approximate surface area is 97.2 Å². The molecule has 0 aromatic heterocycles. The summed E-state index contributed by atoms with van der Waals surface area (Å²) in [5, 5.41) is 0. The molecule has 1 fully saturated rings. The van der Waals surface area contributed by atoms with Crippen LogP contribution in [0, 0.1) is 5.92 Å². The topological polar surface area (TPSA) is 63.4 Å². The van der Waals surface area contributed by atoms with E-state index in [-0.39, 0.29) is 18.2 Å². The van der Waals surface area contributed by atoms with Gasteiger partial charge in [0.2, 0.25) is 11.8 Å². The molecule has 0 aromatic carbocycles. The number of amides is 2. The highest BCUT2D eigenvalue weighted by Crippen LogP contribution is 2.22. The molecule has 4 nitrogen and oxygen atoms in total. The molecule has 2 amide bonds. The van der Waals surface area contributed by atoms with E-state index in [0.717, 1.165) is 19.4 Å². The van der Waals surface area contributed by atoms with Crippen molar-refractivity contribution in [1.29, 1.82) is 0 Å². The summed E-state index contributed by atoms with van der Waals surface area (Å²) in [5.74, 6) is 0.523. The van der Waals surface area contributed by atoms with Crippen LogP contribution in [0.4, 0.5) is 0 Å². The van der Waals surface area contributed by atoms with Crippen LogP contribution in [0.3, 0.4) is 0 Å². The zero-order valence-corrected chi connectivity index (χ0v) is 10.1. The fraction of sp³-hybridized carbons (Fsp3) is 0.833. The maximum absolute atomic E-state index is 11.8. The van der Waals surface area contributed by atoms with Crippen molar-refractivity contribution in [3.05, 3.63) is 0 Å². The lowest BCUT2D eigenvalue weighted by atomic mass is 9.96. The van der Waals surface area contributed by atoms with Crippen LogP contribution in [0.15, 0.2) is 0 Å². The van der Waals surface area contributed by atoms with Crippen LogP contribution in [-0.2, 0) is 9.59 Å². The lowest BCUT2D eigenvalue weighted by Gasteiger charge is -2.19. The Balaban J connectivity index is 2.41. The van der Waals surface area contributed by atoms with Gasteiger partial charge in [-0.1, -0.05) is 19.8 Å². The third-order valence-electron chi connectivity index (χ3n) is 3.25. The fourth-order valence-electron chi connectivity index (χ4n) is 2.27. The van der Waals surface area contributed by atoms with E-state index in [1.807, 2.05) is 0 Å². The average molecular weight is 226 g/mol. The second-order valence-corrected chi connectivity index (χ2v) is 4.58. The van der Waals surface area contributed by atoms with Crippen LogP contribution in [0.5, 0.6) is 0 Å². The Morgan fingerprint density at radius 3 is 2.88 bits per heavy atom. The summed E-state index contributed by atoms with van der Waals surface area (Å²) in [6.45, 7) is 3.46. The molecule has 0 bridgehead atoms. The van der Waals surface area contributed by atoms with Crippen molar-refractivity contribution in [2.24, 2.45) is 11.7 Å². The zero-order chi connectivity index (χ0) is 12.0. The molecule has 0 spiro atoms. The van der Waals surface area contributed by atoms with Gasteiger partial charge < -0.3 is 10.6 Å². The first-order valence-electron chi connectivity index (χ1n) is 6.19. The summed E-state index contributed by atoms with van der Waals surface area (Å²) in [7, 11) is 0. The Morgan fingerprint density at radius 1 is 1.50 bits per heavy atom. The molecule has 0 aromatic rings. The molecule has 0 aliphatic carbocycles. The molecule has 1 heterocycles. The van der Waals surface area contributed by atoms with Crippen LogP contribution in [0.2, 0.25) is 0 Å². The average Bonchev–Trinajstić information content (AvgIpc) is 2.40. The van der Waals surface area contributed by atoms with Crippen molar-refractivity contribution in [2.75, 3.05) is 13.1 Å². The summed E-state index contributed by atoms with van der Waals surface area (Å²) in [5.41, 5.74) is 5.09. The molecule has 16 heavy (non-hydrogen) atoms. The molecule has 1 aliphatic rings. The number of carbonyl (C=O) groups excluding carboxylic acids is 2. The highest BCUT2D eigenvalue weighted by Gasteiger charge is 2.21. The van der Waals surface area contributed by atoms with E-state index in [1.54, 1.807) is 4.90 Å². The van der Waals surface area contributed by atoms with Gasteiger partial charge in [0.25, 0.3) is 0 Å². The Morgan fingerprint density at radius 2 is 2.25 bits per heavy atom. The van der Waals surface area contributed by atoms with Crippen molar-refractivity contribution >= 4 is 11.8 Å². The third-order valence-corrected chi connectivity index (χ3v) is 3.25. The van der Waals surface area contributed by atoms with Crippen molar-refractivity contribution in [2.45, 2.75) is 45.4 Å². The summed E-state index contributed by atoms with van der Waals surface area (Å²) in [4.78, 5) is 24.2. The minimum atomic E-state index is -0.331. The fourth-order valence-corrected chi connectivity index (χ4v) is 2.27. The molecule has 1 rings (SSSR count). The Bertz CT molecular complexity index is 253. The molecular formula is C12H22N2O2. The van der Waals surface area contributed by atoms with Gasteiger partial charge in [-0.15, -0.1) is 0 Å². The van der Waals surface area contributed by atoms with Gasteiger partial charge in [0.15, 0.2) is 0 Å². The van der Waals surface area contributed by atoms with E-state index in [2.05, 4.69) is 6.92 Å². The smallest absolute Gasteiger partial charge is 0.222 e. The van der Waals surface area contributed by atoms with Crippen LogP contribution < -0.4 is 5.73 Å². The van der Waals surface area contributed by atoms with Crippen LogP contribution in [0.25, 0.3) is 0 Å². The van der Waals surface area contributed by atoms with Crippen LogP contribution >= 0.6 is 0 Å². The van der Waals surface area contributed by atoms with Gasteiger partial charge in [-0.05, 0) is 18.8 Å². The number of nitrogens with two attached hydrogens (primary N) is 1. The van der Waals surface area contributed by atoms with Gasteiger partial charge in [-0.25, -0.2) is 0 Å². The van der Waals surface area contributed by atoms with E-state index in [0.29, 0.717) is 18.9 Å². The Hall–Kier alpha value is -1.06. The number of hydrogen-bond acceptors (Lipinski definition) is 2. The maximum Gasteiger partial charge on any atom is 0.222 e. The largest absolute Gasteiger partial charge is 0.370 e. The number of primary amides is 1. The van der Waals surface area contributed by atoms with Crippen molar-refractivity contribution < 1.29 is 9.59 Å². The quantitative estimate of drug-likeness (QED) is 0.767. The highest BCUT2D eigenvalue weighted by atomic mass is 16.2. The standard InChI is InChI=1S/C12H22N2O2/c1-2-3-10-4-5-12(16)14(8-6-10)9-7-11(13)15/h10H,2-9H2,1H3,(H2,13,15). The van der Waals surface area contributed by atoms with Gasteiger partial charge in [-0.2, -0.15) is 0 Å². The van der Waals surface area contributed by atoms with E-state index in [9.17, 15) is 9.59 Å². The van der Waals surface area contributed by atoms with Crippen LogP contribution in [-0.4, -0.2) is 29.8 Å². The number of rotatable bonds is 5. The predicted octanol–water partition coefficient (Wildman–Crippen LogP) is 1.29. The van der Waals surface area contributed by atoms with Gasteiger partial charge in [0, 0.05) is 25.9 Å². The lowest BCUT2D eigenvalue weighted by molar-refractivity contribution is -0.131. The van der Waals surface area contributed by atoms with E-state index < -0.39 is 0 Å². The first kappa shape index (κ1) is 13.0. The number of carbonyl (C=O) groups is 2. The zero-order valence-electron chi connectivity index (χ0n) is 10.1. The van der Waals surface area contributed by atoms with Gasteiger partial charge in [0.05, 0.1) is 0 Å². The van der Waals surface area contributed by atoms with E-state index >= 15 is 0 Å².